The quantitative estimate of drug-likeness (QED) is 0.449. The Labute approximate surface area is 187 Å². The maximum Gasteiger partial charge on any atom is 0.242 e. The van der Waals surface area contributed by atoms with Crippen LogP contribution in [0.1, 0.15) is 5.56 Å². The van der Waals surface area contributed by atoms with E-state index in [4.69, 9.17) is 0 Å². The molecule has 0 unspecified atom stereocenters. The average molecular weight is 468 g/mol. The first-order valence-corrected chi connectivity index (χ1v) is 13.1. The van der Waals surface area contributed by atoms with Gasteiger partial charge in [0.15, 0.2) is 9.84 Å². The monoisotopic (exact) mass is 467 g/mol. The van der Waals surface area contributed by atoms with Crippen LogP contribution >= 0.6 is 0 Å². The van der Waals surface area contributed by atoms with E-state index in [1.807, 2.05) is 60.7 Å². The van der Waals surface area contributed by atoms with Crippen LogP contribution in [0.25, 0.3) is 16.9 Å². The fourth-order valence-corrected chi connectivity index (χ4v) is 5.95. The van der Waals surface area contributed by atoms with Crippen molar-refractivity contribution in [2.24, 2.45) is 0 Å². The van der Waals surface area contributed by atoms with Gasteiger partial charge in [-0.2, -0.15) is 5.10 Å². The molecule has 3 aromatic carbocycles. The van der Waals surface area contributed by atoms with Gasteiger partial charge < -0.3 is 0 Å². The van der Waals surface area contributed by atoms with Crippen molar-refractivity contribution in [1.29, 1.82) is 0 Å². The van der Waals surface area contributed by atoms with Gasteiger partial charge in [-0.1, -0.05) is 60.7 Å². The highest BCUT2D eigenvalue weighted by Gasteiger charge is 2.24. The second-order valence-corrected chi connectivity index (χ2v) is 10.9. The molecule has 0 saturated carbocycles. The molecule has 9 heteroatoms. The van der Waals surface area contributed by atoms with Gasteiger partial charge in [0.25, 0.3) is 0 Å². The normalized spacial score (nSPS) is 12.0. The Kier molecular flexibility index (Phi) is 5.96. The first-order chi connectivity index (χ1) is 15.3. The summed E-state index contributed by atoms with van der Waals surface area (Å²) >= 11 is 0. The Morgan fingerprint density at radius 1 is 0.781 bits per heavy atom. The number of aromatic nitrogens is 2. The van der Waals surface area contributed by atoms with Crippen LogP contribution in [0, 0.1) is 0 Å². The van der Waals surface area contributed by atoms with E-state index in [1.54, 1.807) is 10.9 Å². The predicted octanol–water partition coefficient (Wildman–Crippen LogP) is 3.42. The molecule has 0 aliphatic carbocycles. The molecule has 32 heavy (non-hydrogen) atoms. The molecule has 4 rings (SSSR count). The van der Waals surface area contributed by atoms with Gasteiger partial charge in [-0.3, -0.25) is 0 Å². The number of para-hydroxylation sites is 1. The van der Waals surface area contributed by atoms with E-state index in [2.05, 4.69) is 9.82 Å². The number of hydrogen-bond acceptors (Lipinski definition) is 5. The summed E-state index contributed by atoms with van der Waals surface area (Å²) in [6.45, 7) is -0.0580. The molecule has 4 aromatic rings. The minimum Gasteiger partial charge on any atom is -0.240 e. The van der Waals surface area contributed by atoms with Crippen molar-refractivity contribution in [3.8, 4) is 16.9 Å². The van der Waals surface area contributed by atoms with E-state index in [9.17, 15) is 16.8 Å². The summed E-state index contributed by atoms with van der Waals surface area (Å²) in [6, 6.07) is 24.5. The highest BCUT2D eigenvalue weighted by molar-refractivity contribution is 7.93. The first kappa shape index (κ1) is 21.9. The van der Waals surface area contributed by atoms with E-state index < -0.39 is 19.9 Å². The molecule has 0 bridgehead atoms. The summed E-state index contributed by atoms with van der Waals surface area (Å²) < 4.78 is 54.4. The number of benzene rings is 3. The lowest BCUT2D eigenvalue weighted by Gasteiger charge is -2.10. The van der Waals surface area contributed by atoms with Gasteiger partial charge in [0.05, 0.1) is 16.3 Å². The third-order valence-corrected chi connectivity index (χ3v) is 7.59. The summed E-state index contributed by atoms with van der Waals surface area (Å²) in [5, 5.41) is 4.67. The second kappa shape index (κ2) is 8.70. The molecule has 0 aliphatic rings. The number of nitrogens with zero attached hydrogens (tertiary/aromatic N) is 2. The molecule has 0 saturated heterocycles. The summed E-state index contributed by atoms with van der Waals surface area (Å²) in [5.74, 6) is 0. The van der Waals surface area contributed by atoms with E-state index >= 15 is 0 Å². The Hall–Kier alpha value is -3.27. The molecule has 164 valence electrons. The minimum absolute atomic E-state index is 0.0580. The summed E-state index contributed by atoms with van der Waals surface area (Å²) in [5.41, 5.74) is 2.96. The first-order valence-electron chi connectivity index (χ1n) is 9.74. The zero-order chi connectivity index (χ0) is 22.8. The van der Waals surface area contributed by atoms with Crippen LogP contribution < -0.4 is 4.72 Å². The van der Waals surface area contributed by atoms with Crippen molar-refractivity contribution in [3.63, 3.8) is 0 Å². The van der Waals surface area contributed by atoms with Gasteiger partial charge in [0.1, 0.15) is 4.90 Å². The van der Waals surface area contributed by atoms with Crippen molar-refractivity contribution in [1.82, 2.24) is 14.5 Å². The van der Waals surface area contributed by atoms with Crippen LogP contribution in [0.15, 0.2) is 101 Å². The highest BCUT2D eigenvalue weighted by Crippen LogP contribution is 2.25. The van der Waals surface area contributed by atoms with E-state index in [0.717, 1.165) is 17.5 Å². The third kappa shape index (κ3) is 4.64. The fraction of sp³-hybridized carbons (Fsp3) is 0.0870. The third-order valence-electron chi connectivity index (χ3n) is 4.85. The average Bonchev–Trinajstić information content (AvgIpc) is 3.23. The van der Waals surface area contributed by atoms with Crippen molar-refractivity contribution in [3.05, 3.63) is 96.7 Å². The van der Waals surface area contributed by atoms with Crippen molar-refractivity contribution >= 4 is 19.9 Å². The second-order valence-electron chi connectivity index (χ2n) is 7.19. The van der Waals surface area contributed by atoms with Crippen LogP contribution in [-0.2, 0) is 26.4 Å². The van der Waals surface area contributed by atoms with Crippen LogP contribution in [0.3, 0.4) is 0 Å². The van der Waals surface area contributed by atoms with Gasteiger partial charge in [-0.05, 0) is 24.3 Å². The van der Waals surface area contributed by atoms with E-state index in [-0.39, 0.29) is 16.3 Å². The Morgan fingerprint density at radius 3 is 1.97 bits per heavy atom. The van der Waals surface area contributed by atoms with Gasteiger partial charge >= 0.3 is 0 Å². The molecule has 0 amide bonds. The number of rotatable bonds is 7. The molecule has 0 atom stereocenters. The molecule has 1 N–H and O–H groups in total. The lowest BCUT2D eigenvalue weighted by atomic mass is 10.1. The zero-order valence-corrected chi connectivity index (χ0v) is 18.8. The molecule has 0 aliphatic heterocycles. The van der Waals surface area contributed by atoms with Crippen LogP contribution in [0.5, 0.6) is 0 Å². The highest BCUT2D eigenvalue weighted by atomic mass is 32.2. The standard InChI is InChI=1S/C23H21N3O4S2/c1-31(27,28)21-14-8-9-15-22(21)32(29,30)24-16-19-17-26(20-12-6-3-7-13-20)25-23(19)18-10-4-2-5-11-18/h2-15,17,24H,16H2,1H3. The van der Waals surface area contributed by atoms with Crippen LogP contribution in [0.2, 0.25) is 0 Å². The summed E-state index contributed by atoms with van der Waals surface area (Å²) in [6.07, 6.45) is 2.75. The van der Waals surface area contributed by atoms with Gasteiger partial charge in [-0.25, -0.2) is 26.2 Å². The van der Waals surface area contributed by atoms with E-state index in [0.29, 0.717) is 11.3 Å². The predicted molar refractivity (Wildman–Crippen MR) is 123 cm³/mol. The summed E-state index contributed by atoms with van der Waals surface area (Å²) in [7, 11) is -7.81. The number of sulfonamides is 1. The zero-order valence-electron chi connectivity index (χ0n) is 17.2. The van der Waals surface area contributed by atoms with Crippen molar-refractivity contribution in [2.75, 3.05) is 6.26 Å². The van der Waals surface area contributed by atoms with Gasteiger partial charge in [0.2, 0.25) is 10.0 Å². The molecule has 0 radical (unpaired) electrons. The van der Waals surface area contributed by atoms with E-state index in [1.165, 1.54) is 24.3 Å². The number of nitrogens with one attached hydrogen (secondary N) is 1. The summed E-state index contributed by atoms with van der Waals surface area (Å²) in [4.78, 5) is -0.519. The number of sulfone groups is 1. The topological polar surface area (TPSA) is 98.1 Å². The Morgan fingerprint density at radius 2 is 1.34 bits per heavy atom. The Balaban J connectivity index is 1.71. The smallest absolute Gasteiger partial charge is 0.240 e. The maximum atomic E-state index is 13.0. The molecule has 0 spiro atoms. The fourth-order valence-electron chi connectivity index (χ4n) is 3.32. The molecular formula is C23H21N3O4S2. The molecule has 1 heterocycles. The molecule has 1 aromatic heterocycles. The van der Waals surface area contributed by atoms with Crippen LogP contribution in [0.4, 0.5) is 0 Å². The molecular weight excluding hydrogens is 446 g/mol. The molecule has 0 fully saturated rings. The van der Waals surface area contributed by atoms with Gasteiger partial charge in [-0.15, -0.1) is 0 Å². The van der Waals surface area contributed by atoms with Gasteiger partial charge in [0, 0.05) is 30.1 Å². The Bertz CT molecular complexity index is 1450. The lowest BCUT2D eigenvalue weighted by Crippen LogP contribution is -2.25. The van der Waals surface area contributed by atoms with Crippen molar-refractivity contribution in [2.45, 2.75) is 16.3 Å². The SMILES string of the molecule is CS(=O)(=O)c1ccccc1S(=O)(=O)NCc1cn(-c2ccccc2)nc1-c1ccccc1. The molecule has 7 nitrogen and oxygen atoms in total. The van der Waals surface area contributed by atoms with Crippen LogP contribution in [-0.4, -0.2) is 32.9 Å². The lowest BCUT2D eigenvalue weighted by molar-refractivity contribution is 0.574. The minimum atomic E-state index is -4.09. The van der Waals surface area contributed by atoms with Crippen molar-refractivity contribution < 1.29 is 16.8 Å². The maximum absolute atomic E-state index is 13.0. The number of hydrogen-bond donors (Lipinski definition) is 1. The largest absolute Gasteiger partial charge is 0.242 e.